The second-order valence-electron chi connectivity index (χ2n) is 8.24. The standard InChI is InChI=1S/C24H30N2O5/c1-16-8-6-11-19(17(16)2)25-22(27)15-31-24(29)20(14-18-9-4-3-5-10-18)26-23(28)21-12-7-13-30-21/h3-5,7,9-10,12-13,16-17,19-20H,6,8,11,14-15H2,1-2H3,(H,25,27)(H,26,28)/t16-,17+,19+,20+/m1/s1. The van der Waals surface area contributed by atoms with E-state index in [1.165, 1.54) is 18.8 Å². The molecule has 31 heavy (non-hydrogen) atoms. The fraction of sp³-hybridized carbons (Fsp3) is 0.458. The molecule has 0 spiro atoms. The first-order valence-corrected chi connectivity index (χ1v) is 10.8. The molecule has 1 fully saturated rings. The minimum absolute atomic E-state index is 0.0914. The van der Waals surface area contributed by atoms with Gasteiger partial charge in [-0.25, -0.2) is 4.79 Å². The average molecular weight is 427 g/mol. The Hall–Kier alpha value is -3.09. The molecular formula is C24H30N2O5. The average Bonchev–Trinajstić information content (AvgIpc) is 3.31. The van der Waals surface area contributed by atoms with E-state index < -0.39 is 17.9 Å². The fourth-order valence-electron chi connectivity index (χ4n) is 3.95. The first kappa shape index (κ1) is 22.6. The topological polar surface area (TPSA) is 97.6 Å². The summed E-state index contributed by atoms with van der Waals surface area (Å²) in [5.41, 5.74) is 0.860. The fourth-order valence-corrected chi connectivity index (χ4v) is 3.95. The van der Waals surface area contributed by atoms with Crippen LogP contribution in [0, 0.1) is 11.8 Å². The van der Waals surface area contributed by atoms with E-state index >= 15 is 0 Å². The number of rotatable bonds is 8. The van der Waals surface area contributed by atoms with Crippen LogP contribution in [0.3, 0.4) is 0 Å². The van der Waals surface area contributed by atoms with E-state index in [-0.39, 0.29) is 30.7 Å². The van der Waals surface area contributed by atoms with E-state index in [0.29, 0.717) is 11.8 Å². The van der Waals surface area contributed by atoms with E-state index in [2.05, 4.69) is 24.5 Å². The third-order valence-corrected chi connectivity index (χ3v) is 6.02. The molecule has 1 aromatic heterocycles. The monoisotopic (exact) mass is 426 g/mol. The summed E-state index contributed by atoms with van der Waals surface area (Å²) in [6.07, 6.45) is 4.80. The number of furan rings is 1. The molecule has 0 unspecified atom stereocenters. The Balaban J connectivity index is 1.58. The zero-order chi connectivity index (χ0) is 22.2. The van der Waals surface area contributed by atoms with Crippen molar-refractivity contribution in [3.8, 4) is 0 Å². The van der Waals surface area contributed by atoms with Gasteiger partial charge in [0.05, 0.1) is 6.26 Å². The van der Waals surface area contributed by atoms with Crippen molar-refractivity contribution in [1.29, 1.82) is 0 Å². The van der Waals surface area contributed by atoms with Crippen LogP contribution in [0.15, 0.2) is 53.1 Å². The lowest BCUT2D eigenvalue weighted by Crippen LogP contribution is -2.47. The van der Waals surface area contributed by atoms with Gasteiger partial charge in [-0.15, -0.1) is 0 Å². The van der Waals surface area contributed by atoms with Crippen molar-refractivity contribution in [3.63, 3.8) is 0 Å². The molecule has 166 valence electrons. The Morgan fingerprint density at radius 2 is 1.87 bits per heavy atom. The molecule has 2 amide bonds. The Bertz CT molecular complexity index is 865. The normalized spacial score (nSPS) is 21.7. The molecule has 1 aliphatic rings. The summed E-state index contributed by atoms with van der Waals surface area (Å²) < 4.78 is 10.4. The Morgan fingerprint density at radius 3 is 2.58 bits per heavy atom. The summed E-state index contributed by atoms with van der Waals surface area (Å²) in [6, 6.07) is 11.6. The number of carbonyl (C=O) groups is 3. The highest BCUT2D eigenvalue weighted by Crippen LogP contribution is 2.29. The summed E-state index contributed by atoms with van der Waals surface area (Å²) in [4.78, 5) is 37.5. The van der Waals surface area contributed by atoms with Crippen molar-refractivity contribution in [2.45, 2.75) is 51.6 Å². The van der Waals surface area contributed by atoms with Gasteiger partial charge in [-0.2, -0.15) is 0 Å². The summed E-state index contributed by atoms with van der Waals surface area (Å²) in [7, 11) is 0. The van der Waals surface area contributed by atoms with Gasteiger partial charge >= 0.3 is 5.97 Å². The van der Waals surface area contributed by atoms with Crippen LogP contribution in [-0.2, 0) is 20.7 Å². The number of esters is 1. The Kier molecular flexibility index (Phi) is 7.87. The first-order valence-electron chi connectivity index (χ1n) is 10.8. The zero-order valence-electron chi connectivity index (χ0n) is 18.0. The largest absolute Gasteiger partial charge is 0.459 e. The molecule has 2 aromatic rings. The molecule has 3 rings (SSSR count). The van der Waals surface area contributed by atoms with Gasteiger partial charge in [-0.3, -0.25) is 9.59 Å². The minimum atomic E-state index is -0.943. The van der Waals surface area contributed by atoms with Crippen LogP contribution in [0.2, 0.25) is 0 Å². The first-order chi connectivity index (χ1) is 14.9. The highest BCUT2D eigenvalue weighted by molar-refractivity contribution is 5.94. The van der Waals surface area contributed by atoms with E-state index in [1.807, 2.05) is 30.3 Å². The van der Waals surface area contributed by atoms with Gasteiger partial charge in [0.15, 0.2) is 12.4 Å². The van der Waals surface area contributed by atoms with Gasteiger partial charge in [0.1, 0.15) is 6.04 Å². The lowest BCUT2D eigenvalue weighted by atomic mass is 9.78. The van der Waals surface area contributed by atoms with Gasteiger partial charge in [0.25, 0.3) is 11.8 Å². The number of ether oxygens (including phenoxy) is 1. The van der Waals surface area contributed by atoms with E-state index in [9.17, 15) is 14.4 Å². The second-order valence-corrected chi connectivity index (χ2v) is 8.24. The lowest BCUT2D eigenvalue weighted by Gasteiger charge is -2.34. The summed E-state index contributed by atoms with van der Waals surface area (Å²) in [6.45, 7) is 3.96. The Morgan fingerprint density at radius 1 is 1.10 bits per heavy atom. The van der Waals surface area contributed by atoms with Crippen LogP contribution in [-0.4, -0.2) is 36.5 Å². The number of nitrogens with one attached hydrogen (secondary N) is 2. The number of hydrogen-bond donors (Lipinski definition) is 2. The maximum Gasteiger partial charge on any atom is 0.329 e. The molecule has 4 atom stereocenters. The van der Waals surface area contributed by atoms with E-state index in [1.54, 1.807) is 6.07 Å². The number of carbonyl (C=O) groups excluding carboxylic acids is 3. The van der Waals surface area contributed by atoms with Crippen LogP contribution in [0.4, 0.5) is 0 Å². The van der Waals surface area contributed by atoms with Gasteiger partial charge in [-0.05, 0) is 36.0 Å². The van der Waals surface area contributed by atoms with Gasteiger partial charge < -0.3 is 19.8 Å². The number of hydrogen-bond acceptors (Lipinski definition) is 5. The van der Waals surface area contributed by atoms with Crippen molar-refractivity contribution in [2.24, 2.45) is 11.8 Å². The quantitative estimate of drug-likeness (QED) is 0.632. The molecule has 1 saturated carbocycles. The van der Waals surface area contributed by atoms with Gasteiger partial charge in [0.2, 0.25) is 0 Å². The highest BCUT2D eigenvalue weighted by atomic mass is 16.5. The summed E-state index contributed by atoms with van der Waals surface area (Å²) in [5.74, 6) is -0.471. The van der Waals surface area contributed by atoms with Crippen molar-refractivity contribution < 1.29 is 23.5 Å². The summed E-state index contributed by atoms with van der Waals surface area (Å²) in [5, 5.41) is 5.63. The van der Waals surface area contributed by atoms with Crippen LogP contribution in [0.25, 0.3) is 0 Å². The smallest absolute Gasteiger partial charge is 0.329 e. The van der Waals surface area contributed by atoms with Crippen molar-refractivity contribution in [1.82, 2.24) is 10.6 Å². The molecule has 0 bridgehead atoms. The van der Waals surface area contributed by atoms with E-state index in [0.717, 1.165) is 18.4 Å². The Labute approximate surface area is 182 Å². The summed E-state index contributed by atoms with van der Waals surface area (Å²) >= 11 is 0. The minimum Gasteiger partial charge on any atom is -0.459 e. The third kappa shape index (κ3) is 6.44. The van der Waals surface area contributed by atoms with Crippen LogP contribution < -0.4 is 10.6 Å². The van der Waals surface area contributed by atoms with E-state index in [4.69, 9.17) is 9.15 Å². The molecule has 7 heteroatoms. The molecule has 1 aromatic carbocycles. The predicted octanol–water partition coefficient (Wildman–Crippen LogP) is 3.10. The van der Waals surface area contributed by atoms with Crippen molar-refractivity contribution >= 4 is 17.8 Å². The van der Waals surface area contributed by atoms with Gasteiger partial charge in [0, 0.05) is 12.5 Å². The molecule has 2 N–H and O–H groups in total. The maximum absolute atomic E-state index is 12.7. The number of benzene rings is 1. The zero-order valence-corrected chi connectivity index (χ0v) is 18.0. The number of amides is 2. The molecule has 0 saturated heterocycles. The third-order valence-electron chi connectivity index (χ3n) is 6.02. The van der Waals surface area contributed by atoms with Crippen molar-refractivity contribution in [3.05, 3.63) is 60.1 Å². The molecule has 7 nitrogen and oxygen atoms in total. The van der Waals surface area contributed by atoms with Gasteiger partial charge in [-0.1, -0.05) is 57.0 Å². The van der Waals surface area contributed by atoms with Crippen LogP contribution in [0.5, 0.6) is 0 Å². The lowest BCUT2D eigenvalue weighted by molar-refractivity contribution is -0.150. The van der Waals surface area contributed by atoms with Crippen molar-refractivity contribution in [2.75, 3.05) is 6.61 Å². The molecule has 0 aliphatic heterocycles. The molecule has 1 heterocycles. The second kappa shape index (κ2) is 10.8. The molecular weight excluding hydrogens is 396 g/mol. The molecule has 0 radical (unpaired) electrons. The van der Waals surface area contributed by atoms with Crippen LogP contribution >= 0.6 is 0 Å². The SMILES string of the molecule is C[C@H]1[C@H](C)CCC[C@@H]1NC(=O)COC(=O)[C@H](Cc1ccccc1)NC(=O)c1ccco1. The highest BCUT2D eigenvalue weighted by Gasteiger charge is 2.29. The predicted molar refractivity (Wildman–Crippen MR) is 115 cm³/mol. The maximum atomic E-state index is 12.7. The molecule has 1 aliphatic carbocycles. The van der Waals surface area contributed by atoms with Crippen LogP contribution in [0.1, 0.15) is 49.2 Å².